The Morgan fingerprint density at radius 1 is 1.20 bits per heavy atom. The average Bonchev–Trinajstić information content (AvgIpc) is 2.87. The number of anilines is 1. The molecule has 1 heterocycles. The van der Waals surface area contributed by atoms with Gasteiger partial charge in [0.1, 0.15) is 5.82 Å². The zero-order valence-electron chi connectivity index (χ0n) is 11.1. The van der Waals surface area contributed by atoms with Gasteiger partial charge in [0.15, 0.2) is 5.13 Å². The molecule has 0 fully saturated rings. The standard InChI is InChI=1S/C16H15FN2S/c1-2-13(11-6-4-3-5-7-11)18-16-19-14-9-8-12(17)10-15(14)20-16/h3-10,13H,2H2,1H3,(H,18,19). The van der Waals surface area contributed by atoms with Crippen LogP contribution in [0.2, 0.25) is 0 Å². The molecule has 0 aliphatic heterocycles. The fraction of sp³-hybridized carbons (Fsp3) is 0.188. The van der Waals surface area contributed by atoms with Gasteiger partial charge in [-0.25, -0.2) is 9.37 Å². The summed E-state index contributed by atoms with van der Waals surface area (Å²) in [5, 5.41) is 4.27. The first-order valence-corrected chi connectivity index (χ1v) is 7.45. The Labute approximate surface area is 121 Å². The van der Waals surface area contributed by atoms with Gasteiger partial charge in [0.2, 0.25) is 0 Å². The van der Waals surface area contributed by atoms with Gasteiger partial charge in [-0.05, 0) is 30.2 Å². The van der Waals surface area contributed by atoms with Gasteiger partial charge < -0.3 is 5.32 Å². The van der Waals surface area contributed by atoms with E-state index < -0.39 is 0 Å². The monoisotopic (exact) mass is 286 g/mol. The minimum atomic E-state index is -0.220. The Morgan fingerprint density at radius 2 is 2.00 bits per heavy atom. The molecule has 0 aliphatic carbocycles. The molecular weight excluding hydrogens is 271 g/mol. The van der Waals surface area contributed by atoms with Crippen molar-refractivity contribution in [1.82, 2.24) is 4.98 Å². The van der Waals surface area contributed by atoms with Crippen molar-refractivity contribution >= 4 is 26.7 Å². The second-order valence-electron chi connectivity index (χ2n) is 4.65. The van der Waals surface area contributed by atoms with E-state index in [-0.39, 0.29) is 11.9 Å². The molecule has 0 spiro atoms. The highest BCUT2D eigenvalue weighted by Crippen LogP contribution is 2.30. The van der Waals surface area contributed by atoms with Crippen LogP contribution in [0.4, 0.5) is 9.52 Å². The highest BCUT2D eigenvalue weighted by Gasteiger charge is 2.11. The number of nitrogens with one attached hydrogen (secondary N) is 1. The van der Waals surface area contributed by atoms with E-state index in [4.69, 9.17) is 0 Å². The smallest absolute Gasteiger partial charge is 0.184 e. The minimum absolute atomic E-state index is 0.220. The summed E-state index contributed by atoms with van der Waals surface area (Å²) < 4.78 is 14.1. The number of fused-ring (bicyclic) bond motifs is 1. The van der Waals surface area contributed by atoms with Crippen LogP contribution in [-0.2, 0) is 0 Å². The van der Waals surface area contributed by atoms with Crippen LogP contribution in [0.1, 0.15) is 24.9 Å². The summed E-state index contributed by atoms with van der Waals surface area (Å²) in [4.78, 5) is 4.51. The van der Waals surface area contributed by atoms with E-state index in [1.54, 1.807) is 6.07 Å². The number of nitrogens with zero attached hydrogens (tertiary/aromatic N) is 1. The third-order valence-electron chi connectivity index (χ3n) is 3.26. The summed E-state index contributed by atoms with van der Waals surface area (Å²) in [5.41, 5.74) is 2.07. The Balaban J connectivity index is 1.87. The van der Waals surface area contributed by atoms with Crippen molar-refractivity contribution in [3.63, 3.8) is 0 Å². The Morgan fingerprint density at radius 3 is 2.75 bits per heavy atom. The highest BCUT2D eigenvalue weighted by atomic mass is 32.1. The quantitative estimate of drug-likeness (QED) is 0.730. The maximum Gasteiger partial charge on any atom is 0.184 e. The maximum atomic E-state index is 13.2. The summed E-state index contributed by atoms with van der Waals surface area (Å²) in [5.74, 6) is -0.220. The first-order chi connectivity index (χ1) is 9.76. The van der Waals surface area contributed by atoms with Crippen LogP contribution in [0.5, 0.6) is 0 Å². The lowest BCUT2D eigenvalue weighted by atomic mass is 10.1. The van der Waals surface area contributed by atoms with Crippen molar-refractivity contribution in [2.45, 2.75) is 19.4 Å². The van der Waals surface area contributed by atoms with E-state index in [2.05, 4.69) is 29.4 Å². The van der Waals surface area contributed by atoms with Gasteiger partial charge in [-0.3, -0.25) is 0 Å². The minimum Gasteiger partial charge on any atom is -0.355 e. The average molecular weight is 286 g/mol. The van der Waals surface area contributed by atoms with Crippen molar-refractivity contribution in [2.24, 2.45) is 0 Å². The number of hydrogen-bond acceptors (Lipinski definition) is 3. The molecule has 0 saturated carbocycles. The van der Waals surface area contributed by atoms with Crippen molar-refractivity contribution < 1.29 is 4.39 Å². The Kier molecular flexibility index (Phi) is 3.65. The zero-order valence-corrected chi connectivity index (χ0v) is 12.0. The number of hydrogen-bond donors (Lipinski definition) is 1. The molecular formula is C16H15FN2S. The van der Waals surface area contributed by atoms with Crippen LogP contribution in [-0.4, -0.2) is 4.98 Å². The SMILES string of the molecule is CCC(Nc1nc2ccc(F)cc2s1)c1ccccc1. The van der Waals surface area contributed by atoms with Crippen molar-refractivity contribution in [3.8, 4) is 0 Å². The summed E-state index contributed by atoms with van der Waals surface area (Å²) in [7, 11) is 0. The van der Waals surface area contributed by atoms with E-state index in [0.29, 0.717) is 0 Å². The van der Waals surface area contributed by atoms with Crippen LogP contribution in [0.15, 0.2) is 48.5 Å². The van der Waals surface area contributed by atoms with Crippen LogP contribution < -0.4 is 5.32 Å². The highest BCUT2D eigenvalue weighted by molar-refractivity contribution is 7.22. The molecule has 1 atom stereocenters. The van der Waals surface area contributed by atoms with E-state index in [0.717, 1.165) is 21.8 Å². The molecule has 0 bridgehead atoms. The van der Waals surface area contributed by atoms with E-state index in [1.165, 1.54) is 29.0 Å². The van der Waals surface area contributed by atoms with Crippen LogP contribution >= 0.6 is 11.3 Å². The first kappa shape index (κ1) is 13.1. The Hall–Kier alpha value is -1.94. The number of benzene rings is 2. The molecule has 4 heteroatoms. The second kappa shape index (κ2) is 5.59. The van der Waals surface area contributed by atoms with Gasteiger partial charge in [-0.15, -0.1) is 0 Å². The summed E-state index contributed by atoms with van der Waals surface area (Å²) >= 11 is 1.49. The van der Waals surface area contributed by atoms with Crippen molar-refractivity contribution in [2.75, 3.05) is 5.32 Å². The molecule has 2 nitrogen and oxygen atoms in total. The molecule has 1 aromatic heterocycles. The molecule has 102 valence electrons. The predicted molar refractivity (Wildman–Crippen MR) is 82.7 cm³/mol. The fourth-order valence-electron chi connectivity index (χ4n) is 2.22. The van der Waals surface area contributed by atoms with Crippen LogP contribution in [0, 0.1) is 5.82 Å². The molecule has 3 aromatic rings. The van der Waals surface area contributed by atoms with Gasteiger partial charge in [0, 0.05) is 0 Å². The lowest BCUT2D eigenvalue weighted by Crippen LogP contribution is -2.09. The largest absolute Gasteiger partial charge is 0.355 e. The molecule has 0 aliphatic rings. The van der Waals surface area contributed by atoms with Gasteiger partial charge in [-0.2, -0.15) is 0 Å². The third-order valence-corrected chi connectivity index (χ3v) is 4.21. The van der Waals surface area contributed by atoms with Gasteiger partial charge >= 0.3 is 0 Å². The Bertz CT molecular complexity index is 709. The number of thiazole rings is 1. The summed E-state index contributed by atoms with van der Waals surface area (Å²) in [6.07, 6.45) is 0.967. The summed E-state index contributed by atoms with van der Waals surface area (Å²) in [6.45, 7) is 2.14. The maximum absolute atomic E-state index is 13.2. The molecule has 1 N–H and O–H groups in total. The van der Waals surface area contributed by atoms with Crippen LogP contribution in [0.3, 0.4) is 0 Å². The van der Waals surface area contributed by atoms with Crippen molar-refractivity contribution in [1.29, 1.82) is 0 Å². The second-order valence-corrected chi connectivity index (χ2v) is 5.68. The summed E-state index contributed by atoms with van der Waals surface area (Å²) in [6, 6.07) is 15.2. The molecule has 0 radical (unpaired) electrons. The number of halogens is 1. The first-order valence-electron chi connectivity index (χ1n) is 6.64. The molecule has 3 rings (SSSR count). The molecule has 0 amide bonds. The predicted octanol–water partition coefficient (Wildman–Crippen LogP) is 5.00. The lowest BCUT2D eigenvalue weighted by Gasteiger charge is -2.16. The third kappa shape index (κ3) is 2.65. The van der Waals surface area contributed by atoms with Gasteiger partial charge in [-0.1, -0.05) is 48.6 Å². The molecule has 2 aromatic carbocycles. The fourth-order valence-corrected chi connectivity index (χ4v) is 3.16. The molecule has 20 heavy (non-hydrogen) atoms. The van der Waals surface area contributed by atoms with E-state index in [9.17, 15) is 4.39 Å². The van der Waals surface area contributed by atoms with Crippen molar-refractivity contribution in [3.05, 3.63) is 59.9 Å². The van der Waals surface area contributed by atoms with E-state index in [1.807, 2.05) is 18.2 Å². The van der Waals surface area contributed by atoms with Gasteiger partial charge in [0.05, 0.1) is 16.3 Å². The lowest BCUT2D eigenvalue weighted by molar-refractivity contribution is 0.630. The number of rotatable bonds is 4. The molecule has 1 unspecified atom stereocenters. The molecule has 0 saturated heterocycles. The number of aromatic nitrogens is 1. The zero-order chi connectivity index (χ0) is 13.9. The van der Waals surface area contributed by atoms with Crippen LogP contribution in [0.25, 0.3) is 10.2 Å². The van der Waals surface area contributed by atoms with Gasteiger partial charge in [0.25, 0.3) is 0 Å². The topological polar surface area (TPSA) is 24.9 Å². The normalized spacial score (nSPS) is 12.5. The van der Waals surface area contributed by atoms with E-state index >= 15 is 0 Å².